The predicted molar refractivity (Wildman–Crippen MR) is 423 cm³/mol. The topological polar surface area (TPSA) is 371 Å². The van der Waals surface area contributed by atoms with Gasteiger partial charge in [0, 0.05) is 146 Å². The summed E-state index contributed by atoms with van der Waals surface area (Å²) in [5.74, 6) is 3.64. The zero-order valence-corrected chi connectivity index (χ0v) is 63.1. The maximum atomic E-state index is 13.2. The largest absolute Gasteiger partial charge is 0.451 e. The number of pyridine rings is 4. The first-order valence-corrected chi connectivity index (χ1v) is 38.3. The van der Waals surface area contributed by atoms with E-state index < -0.39 is 18.0 Å². The molecule has 116 heavy (non-hydrogen) atoms. The molecule has 4 N–H and O–H groups in total. The highest BCUT2D eigenvalue weighted by atomic mass is 19.4. The van der Waals surface area contributed by atoms with Gasteiger partial charge in [0.05, 0.1) is 119 Å². The summed E-state index contributed by atoms with van der Waals surface area (Å²) >= 11 is 0. The molecule has 8 bridgehead atoms. The van der Waals surface area contributed by atoms with Crippen LogP contribution < -0.4 is 65.4 Å². The molecule has 36 nitrogen and oxygen atoms in total. The average molecular weight is 1570 g/mol. The number of nitrogens with one attached hydrogen (secondary N) is 4. The third kappa shape index (κ3) is 15.2. The maximum absolute atomic E-state index is 13.2. The van der Waals surface area contributed by atoms with Crippen LogP contribution in [-0.2, 0) is 18.0 Å². The van der Waals surface area contributed by atoms with E-state index >= 15 is 0 Å². The van der Waals surface area contributed by atoms with Gasteiger partial charge in [-0.25, -0.2) is 69.0 Å². The van der Waals surface area contributed by atoms with Gasteiger partial charge in [0.15, 0.2) is 46.5 Å². The van der Waals surface area contributed by atoms with Crippen molar-refractivity contribution in [1.29, 1.82) is 0 Å². The predicted octanol–water partition coefficient (Wildman–Crippen LogP) is 9.70. The molecule has 1 aliphatic carbocycles. The van der Waals surface area contributed by atoms with Gasteiger partial charge in [0.25, 0.3) is 0 Å². The van der Waals surface area contributed by atoms with E-state index in [0.717, 1.165) is 142 Å². The van der Waals surface area contributed by atoms with Crippen molar-refractivity contribution in [1.82, 2.24) is 89.3 Å². The highest BCUT2D eigenvalue weighted by Gasteiger charge is 2.46. The van der Waals surface area contributed by atoms with Crippen LogP contribution in [0, 0.1) is 0 Å². The Hall–Kier alpha value is -13.8. The van der Waals surface area contributed by atoms with Crippen LogP contribution in [0.1, 0.15) is 64.2 Å². The number of aryl methyl sites for hydroxylation is 1. The second-order valence-electron chi connectivity index (χ2n) is 29.5. The van der Waals surface area contributed by atoms with Crippen molar-refractivity contribution in [2.45, 2.75) is 101 Å². The smallest absolute Gasteiger partial charge is 0.372 e. The zero-order valence-electron chi connectivity index (χ0n) is 63.1. The molecule has 1 saturated carbocycles. The lowest BCUT2D eigenvalue weighted by Gasteiger charge is -2.39. The lowest BCUT2D eigenvalue weighted by molar-refractivity contribution is -0.144. The van der Waals surface area contributed by atoms with Crippen LogP contribution in [0.2, 0.25) is 0 Å². The van der Waals surface area contributed by atoms with E-state index in [1.165, 1.54) is 48.6 Å². The summed E-state index contributed by atoms with van der Waals surface area (Å²) in [4.78, 5) is 129. The van der Waals surface area contributed by atoms with Gasteiger partial charge in [-0.15, -0.1) is 0 Å². The summed E-state index contributed by atoms with van der Waals surface area (Å²) in [7, 11) is 1.87. The number of aromatic nitrogens is 18. The van der Waals surface area contributed by atoms with Crippen molar-refractivity contribution in [3.63, 3.8) is 0 Å². The maximum Gasteiger partial charge on any atom is 0.451 e. The Balaban J connectivity index is 0.000000107. The number of carbonyl (C=O) groups is 4. The van der Waals surface area contributed by atoms with Gasteiger partial charge in [0.2, 0.25) is 5.82 Å². The SMILES string of the molecule is C[C@@H]1CN(c2ccc3c(n2)N(C(=O)Nc2cnccn2)[C@H]2CCN3C2)C[C@H](C)O1.Cn1ccc(-c2ccc3c(n2)N(C(=O)Nc2cnccn2)[C@H]2CCN3C2)n1.O=C(Nc1cnccn1)N1c2nc(-c3ccnc(C(F)(F)F)n3)ccc2N2CC[C@H]1C2.O=C(Nc1cnccn1)N1c2nc(-c3cnn(C4CC4)c3)ccc2N2CC[C@H]1C2. The normalized spacial score (nSPS) is 20.2. The molecule has 9 aliphatic heterocycles. The number of alkyl halides is 3. The summed E-state index contributed by atoms with van der Waals surface area (Å²) in [6, 6.07) is 18.4. The number of morpholine rings is 1. The fraction of sp³-hybridized carbons (Fsp3) is 0.351. The third-order valence-corrected chi connectivity index (χ3v) is 21.6. The molecule has 6 atom stereocenters. The summed E-state index contributed by atoms with van der Waals surface area (Å²) < 4.78 is 48.7. The van der Waals surface area contributed by atoms with Crippen LogP contribution in [0.5, 0.6) is 0 Å². The van der Waals surface area contributed by atoms with Crippen molar-refractivity contribution in [3.8, 4) is 34.0 Å². The number of anilines is 13. The molecular weight excluding hydrogens is 1500 g/mol. The molecule has 20 heterocycles. The number of fused-ring (bicyclic) bond motifs is 16. The highest BCUT2D eigenvalue weighted by Crippen LogP contribution is 2.46. The first-order valence-electron chi connectivity index (χ1n) is 38.3. The van der Waals surface area contributed by atoms with Gasteiger partial charge >= 0.3 is 30.3 Å². The number of carbonyl (C=O) groups excluding carboxylic acids is 4. The monoisotopic (exact) mass is 1570 g/mol. The van der Waals surface area contributed by atoms with Crippen molar-refractivity contribution in [3.05, 3.63) is 166 Å². The van der Waals surface area contributed by atoms with Crippen LogP contribution in [0.25, 0.3) is 34.0 Å². The molecule has 0 spiro atoms. The zero-order chi connectivity index (χ0) is 79.3. The van der Waals surface area contributed by atoms with Gasteiger partial charge < -0.3 is 29.2 Å². The first-order chi connectivity index (χ1) is 56.4. The number of halogens is 3. The number of hydrogen-bond acceptors (Lipinski definition) is 26. The van der Waals surface area contributed by atoms with E-state index in [2.05, 4.69) is 143 Å². The quantitative estimate of drug-likeness (QED) is 0.104. The van der Waals surface area contributed by atoms with Crippen LogP contribution in [0.3, 0.4) is 0 Å². The molecule has 0 radical (unpaired) electrons. The highest BCUT2D eigenvalue weighted by molar-refractivity contribution is 6.07. The van der Waals surface area contributed by atoms with Gasteiger partial charge in [-0.3, -0.25) is 70.2 Å². The first kappa shape index (κ1) is 73.7. The van der Waals surface area contributed by atoms with Gasteiger partial charge in [0.1, 0.15) is 11.5 Å². The van der Waals surface area contributed by atoms with Crippen LogP contribution >= 0.6 is 0 Å². The van der Waals surface area contributed by atoms with Crippen molar-refractivity contribution < 1.29 is 37.1 Å². The average Bonchev–Trinajstić information content (AvgIpc) is 1.40. The third-order valence-electron chi connectivity index (χ3n) is 21.6. The minimum Gasteiger partial charge on any atom is -0.372 e. The Labute approximate surface area is 661 Å². The molecule has 592 valence electrons. The van der Waals surface area contributed by atoms with E-state index in [1.807, 2.05) is 54.6 Å². The molecule has 39 heteroatoms. The Bertz CT molecular complexity index is 5450. The number of amides is 8. The van der Waals surface area contributed by atoms with Gasteiger partial charge in [-0.05, 0) is 113 Å². The molecule has 11 aromatic heterocycles. The molecule has 21 rings (SSSR count). The van der Waals surface area contributed by atoms with Crippen LogP contribution in [-0.4, -0.2) is 215 Å². The summed E-state index contributed by atoms with van der Waals surface area (Å²) in [6.45, 7) is 12.3. The molecule has 8 amide bonds. The number of ether oxygens (including phenoxy) is 1. The Morgan fingerprint density at radius 1 is 0.405 bits per heavy atom. The van der Waals surface area contributed by atoms with E-state index in [0.29, 0.717) is 53.3 Å². The second-order valence-corrected chi connectivity index (χ2v) is 29.5. The Morgan fingerprint density at radius 2 is 0.802 bits per heavy atom. The number of hydrogen-bond donors (Lipinski definition) is 4. The number of nitrogens with zero attached hydrogens (tertiary/aromatic N) is 27. The van der Waals surface area contributed by atoms with Crippen LogP contribution in [0.4, 0.5) is 107 Å². The lowest BCUT2D eigenvalue weighted by atomic mass is 10.1. The number of rotatable bonds is 9. The van der Waals surface area contributed by atoms with E-state index in [-0.39, 0.29) is 71.7 Å². The minimum absolute atomic E-state index is 0.0207. The molecule has 5 saturated heterocycles. The fourth-order valence-corrected chi connectivity index (χ4v) is 16.2. The Kier molecular flexibility index (Phi) is 19.7. The van der Waals surface area contributed by atoms with Gasteiger partial charge in [-0.1, -0.05) is 0 Å². The lowest BCUT2D eigenvalue weighted by Crippen LogP contribution is -2.49. The molecule has 0 aromatic carbocycles. The standard InChI is InChI=1S/C20H20N8O.C20H25N7O2.C19H15F3N8O.C18H18N8O/c29-20(25-18-10-21-6-7-22-18)28-15-5-8-26(12-15)17-4-3-16(24-19(17)28)13-9-23-27(11-13)14-1-2-14;1-13-10-26(11-14(2)29-13)18-4-3-16-19(24-18)27(15-5-8-25(16)12-15)20(28)23-17-9-21-6-7-22-17;20-19(21,22)17-25-5-3-13(27-17)12-1-2-14-16(26-12)30(11-4-8-29(14)10-11)18(31)28-15-9-23-6-7-24-15;1-24-8-5-14(23-24)13-2-3-15-17(21-13)26(12-4-9-25(15)11-12)18(27)22-16-10-19-6-7-20-16/h3-4,6-7,9-11,14-15H,1-2,5,8,12H2,(H,22,25,29);3-4,6-7,9,13-15H,5,8,10-12H2,1-2H3,(H,22,23,28);1-3,5-7,9,11H,4,8,10H2,(H,24,28,31);2-3,5-8,10,12H,4,9,11H2,1H3,(H,20,22,27)/t15-;13-,14+,15-;11-;12-/m0000/s1. The van der Waals surface area contributed by atoms with Crippen molar-refractivity contribution in [2.24, 2.45) is 7.05 Å². The second kappa shape index (κ2) is 31.0. The molecule has 11 aromatic rings. The summed E-state index contributed by atoms with van der Waals surface area (Å²) in [5, 5.41) is 20.2. The molecule has 0 unspecified atom stereocenters. The Morgan fingerprint density at radius 3 is 1.20 bits per heavy atom. The molecular formula is C77H78F3N31O5. The minimum atomic E-state index is -4.67. The van der Waals surface area contributed by atoms with Crippen molar-refractivity contribution >= 4 is 99.2 Å². The summed E-state index contributed by atoms with van der Waals surface area (Å²) in [5.41, 5.74) is 7.26. The molecule has 6 fully saturated rings. The van der Waals surface area contributed by atoms with Crippen LogP contribution in [0.15, 0.2) is 160 Å². The van der Waals surface area contributed by atoms with E-state index in [9.17, 15) is 32.3 Å². The van der Waals surface area contributed by atoms with E-state index in [4.69, 9.17) is 19.7 Å². The summed E-state index contributed by atoms with van der Waals surface area (Å²) in [6.07, 6.45) is 26.7. The van der Waals surface area contributed by atoms with Gasteiger partial charge in [-0.2, -0.15) is 23.4 Å². The fourth-order valence-electron chi connectivity index (χ4n) is 16.2. The molecule has 10 aliphatic rings. The van der Waals surface area contributed by atoms with Crippen molar-refractivity contribution in [2.75, 3.05) is 131 Å². The van der Waals surface area contributed by atoms with E-state index in [1.54, 1.807) is 81.1 Å². The number of urea groups is 4.